The van der Waals surface area contributed by atoms with Crippen molar-refractivity contribution in [3.8, 4) is 0 Å². The lowest BCUT2D eigenvalue weighted by molar-refractivity contribution is 0.172. The second-order valence-electron chi connectivity index (χ2n) is 3.92. The molecule has 0 unspecified atom stereocenters. The van der Waals surface area contributed by atoms with E-state index in [1.165, 1.54) is 0 Å². The molecule has 2 N–H and O–H groups in total. The van der Waals surface area contributed by atoms with Crippen molar-refractivity contribution in [1.82, 2.24) is 10.2 Å². The second kappa shape index (κ2) is 4.46. The van der Waals surface area contributed by atoms with E-state index in [-0.39, 0.29) is 6.04 Å². The van der Waals surface area contributed by atoms with Gasteiger partial charge in [0.05, 0.1) is 0 Å². The van der Waals surface area contributed by atoms with E-state index in [4.69, 9.17) is 5.11 Å². The first-order valence-electron chi connectivity index (χ1n) is 4.75. The highest BCUT2D eigenvalue weighted by Gasteiger charge is 2.22. The predicted molar refractivity (Wildman–Crippen MR) is 50.9 cm³/mol. The monoisotopic (exact) mass is 186 g/mol. The van der Waals surface area contributed by atoms with E-state index in [9.17, 15) is 4.79 Å². The van der Waals surface area contributed by atoms with Crippen molar-refractivity contribution in [1.29, 1.82) is 0 Å². The quantitative estimate of drug-likeness (QED) is 0.679. The highest BCUT2D eigenvalue weighted by Crippen LogP contribution is 2.21. The van der Waals surface area contributed by atoms with Gasteiger partial charge < -0.3 is 15.3 Å². The van der Waals surface area contributed by atoms with Crippen molar-refractivity contribution in [2.75, 3.05) is 14.1 Å². The van der Waals surface area contributed by atoms with Crippen molar-refractivity contribution in [2.45, 2.75) is 37.8 Å². The summed E-state index contributed by atoms with van der Waals surface area (Å²) in [4.78, 5) is 12.6. The Bertz CT molecular complexity index is 174. The summed E-state index contributed by atoms with van der Waals surface area (Å²) < 4.78 is 0. The van der Waals surface area contributed by atoms with Gasteiger partial charge in [-0.2, -0.15) is 0 Å². The summed E-state index contributed by atoms with van der Waals surface area (Å²) in [6.45, 7) is 0. The van der Waals surface area contributed by atoms with Gasteiger partial charge in [0.1, 0.15) is 0 Å². The molecule has 0 saturated heterocycles. The first kappa shape index (κ1) is 10.3. The van der Waals surface area contributed by atoms with Gasteiger partial charge in [-0.15, -0.1) is 0 Å². The van der Waals surface area contributed by atoms with Gasteiger partial charge in [-0.1, -0.05) is 0 Å². The largest absolute Gasteiger partial charge is 0.465 e. The molecule has 0 bridgehead atoms. The van der Waals surface area contributed by atoms with Crippen LogP contribution >= 0.6 is 0 Å². The first-order chi connectivity index (χ1) is 6.09. The van der Waals surface area contributed by atoms with E-state index >= 15 is 0 Å². The van der Waals surface area contributed by atoms with E-state index in [0.717, 1.165) is 25.7 Å². The first-order valence-corrected chi connectivity index (χ1v) is 4.75. The fraction of sp³-hybridized carbons (Fsp3) is 0.889. The van der Waals surface area contributed by atoms with Gasteiger partial charge in [-0.25, -0.2) is 4.79 Å². The second-order valence-corrected chi connectivity index (χ2v) is 3.92. The highest BCUT2D eigenvalue weighted by atomic mass is 16.4. The molecule has 0 aromatic heterocycles. The minimum Gasteiger partial charge on any atom is -0.465 e. The smallest absolute Gasteiger partial charge is 0.404 e. The SMILES string of the molecule is CN(C)[C@H]1CC[C@H](NC(=O)O)CC1. The Labute approximate surface area is 78.9 Å². The van der Waals surface area contributed by atoms with Crippen LogP contribution in [0.5, 0.6) is 0 Å². The van der Waals surface area contributed by atoms with E-state index in [1.807, 2.05) is 0 Å². The van der Waals surface area contributed by atoms with Crippen LogP contribution in [-0.2, 0) is 0 Å². The number of rotatable bonds is 2. The van der Waals surface area contributed by atoms with Crippen molar-refractivity contribution in [3.05, 3.63) is 0 Å². The van der Waals surface area contributed by atoms with E-state index in [1.54, 1.807) is 0 Å². The molecule has 0 spiro atoms. The van der Waals surface area contributed by atoms with Gasteiger partial charge in [0.25, 0.3) is 0 Å². The molecule has 1 fully saturated rings. The van der Waals surface area contributed by atoms with Crippen LogP contribution in [0.25, 0.3) is 0 Å². The zero-order valence-corrected chi connectivity index (χ0v) is 8.29. The third kappa shape index (κ3) is 3.22. The molecule has 0 aromatic rings. The van der Waals surface area contributed by atoms with Gasteiger partial charge in [0.2, 0.25) is 0 Å². The van der Waals surface area contributed by atoms with E-state index in [0.29, 0.717) is 6.04 Å². The minimum absolute atomic E-state index is 0.175. The molecule has 0 aliphatic heterocycles. The zero-order valence-electron chi connectivity index (χ0n) is 8.29. The van der Waals surface area contributed by atoms with Crippen LogP contribution in [0.15, 0.2) is 0 Å². The van der Waals surface area contributed by atoms with Gasteiger partial charge in [-0.3, -0.25) is 0 Å². The Morgan fingerprint density at radius 1 is 1.31 bits per heavy atom. The van der Waals surface area contributed by atoms with E-state index in [2.05, 4.69) is 24.3 Å². The number of hydrogen-bond acceptors (Lipinski definition) is 2. The Morgan fingerprint density at radius 2 is 1.85 bits per heavy atom. The summed E-state index contributed by atoms with van der Waals surface area (Å²) >= 11 is 0. The lowest BCUT2D eigenvalue weighted by Crippen LogP contribution is -2.41. The van der Waals surface area contributed by atoms with E-state index < -0.39 is 6.09 Å². The average Bonchev–Trinajstić information content (AvgIpc) is 2.04. The van der Waals surface area contributed by atoms with Gasteiger partial charge >= 0.3 is 6.09 Å². The van der Waals surface area contributed by atoms with Crippen LogP contribution in [0.1, 0.15) is 25.7 Å². The molecule has 4 nitrogen and oxygen atoms in total. The topological polar surface area (TPSA) is 52.6 Å². The third-order valence-corrected chi connectivity index (χ3v) is 2.75. The van der Waals surface area contributed by atoms with Crippen LogP contribution in [-0.4, -0.2) is 42.3 Å². The Morgan fingerprint density at radius 3 is 2.23 bits per heavy atom. The molecule has 1 amide bonds. The van der Waals surface area contributed by atoms with Crippen molar-refractivity contribution in [3.63, 3.8) is 0 Å². The lowest BCUT2D eigenvalue weighted by atomic mass is 9.91. The highest BCUT2D eigenvalue weighted by molar-refractivity contribution is 5.64. The number of carbonyl (C=O) groups is 1. The molecule has 0 heterocycles. The van der Waals surface area contributed by atoms with Crippen molar-refractivity contribution < 1.29 is 9.90 Å². The number of amides is 1. The molecule has 13 heavy (non-hydrogen) atoms. The number of hydrogen-bond donors (Lipinski definition) is 2. The van der Waals surface area contributed by atoms with Gasteiger partial charge in [-0.05, 0) is 39.8 Å². The predicted octanol–water partition coefficient (Wildman–Crippen LogP) is 1.13. The summed E-state index contributed by atoms with van der Waals surface area (Å²) in [6.07, 6.45) is 3.23. The maximum Gasteiger partial charge on any atom is 0.404 e. The third-order valence-electron chi connectivity index (χ3n) is 2.75. The molecule has 76 valence electrons. The number of carboxylic acid groups (broad SMARTS) is 1. The van der Waals surface area contributed by atoms with Crippen molar-refractivity contribution in [2.24, 2.45) is 0 Å². The molecule has 1 aliphatic carbocycles. The Hall–Kier alpha value is -0.770. The van der Waals surface area contributed by atoms with Crippen molar-refractivity contribution >= 4 is 6.09 Å². The molecule has 1 aliphatic rings. The summed E-state index contributed by atoms with van der Waals surface area (Å²) in [5, 5.41) is 11.1. The number of nitrogens with zero attached hydrogens (tertiary/aromatic N) is 1. The molecule has 1 saturated carbocycles. The summed E-state index contributed by atoms with van der Waals surface area (Å²) in [6, 6.07) is 0.806. The van der Waals surface area contributed by atoms with Crippen LogP contribution in [0.3, 0.4) is 0 Å². The maximum absolute atomic E-state index is 10.4. The molecule has 0 aromatic carbocycles. The lowest BCUT2D eigenvalue weighted by Gasteiger charge is -2.32. The van der Waals surface area contributed by atoms with Crippen LogP contribution in [0.4, 0.5) is 4.79 Å². The Kier molecular flexibility index (Phi) is 3.54. The summed E-state index contributed by atoms with van der Waals surface area (Å²) in [7, 11) is 4.16. The molecular weight excluding hydrogens is 168 g/mol. The molecule has 0 atom stereocenters. The average molecular weight is 186 g/mol. The van der Waals surface area contributed by atoms with Gasteiger partial charge in [0, 0.05) is 12.1 Å². The minimum atomic E-state index is -0.895. The normalized spacial score (nSPS) is 28.8. The molecule has 1 rings (SSSR count). The summed E-state index contributed by atoms with van der Waals surface area (Å²) in [5.74, 6) is 0. The molecule has 4 heteroatoms. The maximum atomic E-state index is 10.4. The zero-order chi connectivity index (χ0) is 9.84. The standard InChI is InChI=1S/C9H18N2O2/c1-11(2)8-5-3-7(4-6-8)10-9(12)13/h7-8,10H,3-6H2,1-2H3,(H,12,13)/t7-,8-. The summed E-state index contributed by atoms with van der Waals surface area (Å²) in [5.41, 5.74) is 0. The van der Waals surface area contributed by atoms with Crippen LogP contribution < -0.4 is 5.32 Å². The van der Waals surface area contributed by atoms with Crippen LogP contribution in [0, 0.1) is 0 Å². The van der Waals surface area contributed by atoms with Gasteiger partial charge in [0.15, 0.2) is 0 Å². The molecular formula is C9H18N2O2. The Balaban J connectivity index is 2.26. The number of nitrogens with one attached hydrogen (secondary N) is 1. The van der Waals surface area contributed by atoms with Crippen LogP contribution in [0.2, 0.25) is 0 Å². The fourth-order valence-electron chi connectivity index (χ4n) is 1.91. The fourth-order valence-corrected chi connectivity index (χ4v) is 1.91. The molecule has 0 radical (unpaired) electrons.